The number of amides is 3. The number of rotatable bonds is 5. The number of nitrogens with two attached hydrogens (primary N) is 1. The van der Waals surface area contributed by atoms with E-state index in [9.17, 15) is 14.4 Å². The van der Waals surface area contributed by atoms with Gasteiger partial charge in [0, 0.05) is 22.4 Å². The number of hydrogen-bond acceptors (Lipinski definition) is 5. The Morgan fingerprint density at radius 1 is 1.17 bits per heavy atom. The first-order valence-electron chi connectivity index (χ1n) is 9.19. The van der Waals surface area contributed by atoms with Crippen molar-refractivity contribution in [3.63, 3.8) is 0 Å². The standard InChI is InChI=1S/C21H19N5O4/c1-30-17-5-3-2-4-14(17)15-11-23-26-16(10-18(27)25-20(15)26)21(29)24-13-8-6-12(7-9-13)19(22)28/h2-9,11,16H,10H2,1H3,(H2,22,28)(H,24,29)(H,25,27)/t16-/m0/s1. The van der Waals surface area contributed by atoms with Crippen molar-refractivity contribution in [2.45, 2.75) is 12.5 Å². The lowest BCUT2D eigenvalue weighted by Crippen LogP contribution is -2.35. The maximum atomic E-state index is 12.9. The zero-order valence-electron chi connectivity index (χ0n) is 16.1. The van der Waals surface area contributed by atoms with Crippen LogP contribution in [-0.2, 0) is 9.59 Å². The van der Waals surface area contributed by atoms with E-state index >= 15 is 0 Å². The summed E-state index contributed by atoms with van der Waals surface area (Å²) in [6.45, 7) is 0. The summed E-state index contributed by atoms with van der Waals surface area (Å²) in [5, 5.41) is 9.90. The minimum Gasteiger partial charge on any atom is -0.496 e. The number of benzene rings is 2. The number of hydrogen-bond donors (Lipinski definition) is 3. The predicted octanol–water partition coefficient (Wildman–Crippen LogP) is 2.18. The minimum absolute atomic E-state index is 0.0503. The fourth-order valence-electron chi connectivity index (χ4n) is 3.38. The van der Waals surface area contributed by atoms with Crippen LogP contribution in [0.1, 0.15) is 22.8 Å². The second-order valence-corrected chi connectivity index (χ2v) is 6.75. The smallest absolute Gasteiger partial charge is 0.249 e. The highest BCUT2D eigenvalue weighted by atomic mass is 16.5. The number of para-hydroxylation sites is 1. The number of aromatic nitrogens is 2. The van der Waals surface area contributed by atoms with Gasteiger partial charge in [-0.1, -0.05) is 18.2 Å². The van der Waals surface area contributed by atoms with Crippen molar-refractivity contribution in [3.05, 3.63) is 60.3 Å². The molecule has 3 aromatic rings. The molecule has 4 N–H and O–H groups in total. The Morgan fingerprint density at radius 2 is 1.90 bits per heavy atom. The fraction of sp³-hybridized carbons (Fsp3) is 0.143. The Bertz CT molecular complexity index is 1140. The average molecular weight is 405 g/mol. The molecule has 4 rings (SSSR count). The minimum atomic E-state index is -0.826. The third-order valence-corrected chi connectivity index (χ3v) is 4.86. The molecule has 3 amide bonds. The summed E-state index contributed by atoms with van der Waals surface area (Å²) in [5.74, 6) is -0.179. The molecule has 0 fully saturated rings. The Kier molecular flexibility index (Phi) is 4.93. The molecular weight excluding hydrogens is 386 g/mol. The molecule has 0 saturated carbocycles. The van der Waals surface area contributed by atoms with E-state index in [0.717, 1.165) is 5.56 Å². The average Bonchev–Trinajstić information content (AvgIpc) is 3.16. The Morgan fingerprint density at radius 3 is 2.60 bits per heavy atom. The monoisotopic (exact) mass is 405 g/mol. The topological polar surface area (TPSA) is 128 Å². The molecule has 1 aliphatic heterocycles. The van der Waals surface area contributed by atoms with Crippen LogP contribution in [0.3, 0.4) is 0 Å². The first-order valence-corrected chi connectivity index (χ1v) is 9.19. The molecule has 1 aliphatic rings. The normalized spacial score (nSPS) is 15.1. The zero-order valence-corrected chi connectivity index (χ0v) is 16.1. The van der Waals surface area contributed by atoms with E-state index in [1.54, 1.807) is 25.4 Å². The van der Waals surface area contributed by atoms with E-state index in [4.69, 9.17) is 10.5 Å². The number of fused-ring (bicyclic) bond motifs is 1. The first kappa shape index (κ1) is 19.2. The van der Waals surface area contributed by atoms with Crippen molar-refractivity contribution in [3.8, 4) is 16.9 Å². The molecule has 2 heterocycles. The SMILES string of the molecule is COc1ccccc1-c1cnn2c1NC(=O)C[C@H]2C(=O)Nc1ccc(C(N)=O)cc1. The van der Waals surface area contributed by atoms with Crippen LogP contribution in [0.25, 0.3) is 11.1 Å². The number of carbonyl (C=O) groups is 3. The first-order chi connectivity index (χ1) is 14.5. The summed E-state index contributed by atoms with van der Waals surface area (Å²) < 4.78 is 6.90. The maximum Gasteiger partial charge on any atom is 0.249 e. The van der Waals surface area contributed by atoms with Gasteiger partial charge in [0.1, 0.15) is 17.6 Å². The van der Waals surface area contributed by atoms with E-state index in [1.165, 1.54) is 16.8 Å². The Balaban J connectivity index is 1.64. The van der Waals surface area contributed by atoms with Crippen molar-refractivity contribution >= 4 is 29.2 Å². The van der Waals surface area contributed by atoms with Crippen molar-refractivity contribution < 1.29 is 19.1 Å². The molecule has 9 nitrogen and oxygen atoms in total. The Labute approximate surface area is 171 Å². The summed E-state index contributed by atoms with van der Waals surface area (Å²) in [7, 11) is 1.56. The third kappa shape index (κ3) is 3.48. The molecule has 30 heavy (non-hydrogen) atoms. The summed E-state index contributed by atoms with van der Waals surface area (Å²) in [4.78, 5) is 36.4. The second-order valence-electron chi connectivity index (χ2n) is 6.75. The van der Waals surface area contributed by atoms with Crippen molar-refractivity contribution in [2.24, 2.45) is 5.73 Å². The van der Waals surface area contributed by atoms with Gasteiger partial charge in [-0.25, -0.2) is 4.68 Å². The molecule has 9 heteroatoms. The van der Waals surface area contributed by atoms with Crippen molar-refractivity contribution in [1.82, 2.24) is 9.78 Å². The van der Waals surface area contributed by atoms with Gasteiger partial charge >= 0.3 is 0 Å². The molecule has 0 radical (unpaired) electrons. The van der Waals surface area contributed by atoms with Crippen LogP contribution >= 0.6 is 0 Å². The number of nitrogens with one attached hydrogen (secondary N) is 2. The van der Waals surface area contributed by atoms with Crippen LogP contribution in [-0.4, -0.2) is 34.6 Å². The largest absolute Gasteiger partial charge is 0.496 e. The van der Waals surface area contributed by atoms with E-state index in [0.29, 0.717) is 28.4 Å². The Hall–Kier alpha value is -4.14. The number of nitrogens with zero attached hydrogens (tertiary/aromatic N) is 2. The number of ether oxygens (including phenoxy) is 1. The second kappa shape index (κ2) is 7.70. The third-order valence-electron chi connectivity index (χ3n) is 4.86. The molecular formula is C21H19N5O4. The van der Waals surface area contributed by atoms with Gasteiger partial charge in [-0.2, -0.15) is 5.10 Å². The number of carbonyl (C=O) groups excluding carboxylic acids is 3. The summed E-state index contributed by atoms with van der Waals surface area (Å²) >= 11 is 0. The summed E-state index contributed by atoms with van der Waals surface area (Å²) in [6, 6.07) is 12.7. The molecule has 0 bridgehead atoms. The number of anilines is 2. The van der Waals surface area contributed by atoms with Crippen LogP contribution in [0.4, 0.5) is 11.5 Å². The quantitative estimate of drug-likeness (QED) is 0.599. The van der Waals surface area contributed by atoms with Crippen LogP contribution in [0, 0.1) is 0 Å². The van der Waals surface area contributed by atoms with E-state index in [2.05, 4.69) is 15.7 Å². The predicted molar refractivity (Wildman–Crippen MR) is 110 cm³/mol. The summed E-state index contributed by atoms with van der Waals surface area (Å²) in [5.41, 5.74) is 7.46. The molecule has 0 aliphatic carbocycles. The van der Waals surface area contributed by atoms with Crippen LogP contribution < -0.4 is 21.1 Å². The van der Waals surface area contributed by atoms with Crippen LogP contribution in [0.15, 0.2) is 54.7 Å². The molecule has 1 aromatic heterocycles. The molecule has 152 valence electrons. The zero-order chi connectivity index (χ0) is 21.3. The number of methoxy groups -OCH3 is 1. The van der Waals surface area contributed by atoms with Gasteiger partial charge in [0.15, 0.2) is 0 Å². The molecule has 1 atom stereocenters. The van der Waals surface area contributed by atoms with Crippen molar-refractivity contribution in [2.75, 3.05) is 17.7 Å². The molecule has 2 aromatic carbocycles. The van der Waals surface area contributed by atoms with Crippen molar-refractivity contribution in [1.29, 1.82) is 0 Å². The lowest BCUT2D eigenvalue weighted by atomic mass is 10.1. The van der Waals surface area contributed by atoms with Gasteiger partial charge in [0.25, 0.3) is 0 Å². The highest BCUT2D eigenvalue weighted by Gasteiger charge is 2.33. The lowest BCUT2D eigenvalue weighted by molar-refractivity contribution is -0.125. The van der Waals surface area contributed by atoms with Gasteiger partial charge in [0.2, 0.25) is 17.7 Å². The number of primary amides is 1. The van der Waals surface area contributed by atoms with Crippen LogP contribution in [0.5, 0.6) is 5.75 Å². The molecule has 0 unspecified atom stereocenters. The van der Waals surface area contributed by atoms with Gasteiger partial charge in [-0.05, 0) is 30.3 Å². The van der Waals surface area contributed by atoms with E-state index < -0.39 is 17.9 Å². The fourth-order valence-corrected chi connectivity index (χ4v) is 3.38. The van der Waals surface area contributed by atoms with Crippen LogP contribution in [0.2, 0.25) is 0 Å². The highest BCUT2D eigenvalue weighted by Crippen LogP contribution is 2.38. The molecule has 0 spiro atoms. The van der Waals surface area contributed by atoms with E-state index in [-0.39, 0.29) is 12.3 Å². The van der Waals surface area contributed by atoms with E-state index in [1.807, 2.05) is 24.3 Å². The van der Waals surface area contributed by atoms with Gasteiger partial charge in [-0.15, -0.1) is 0 Å². The summed E-state index contributed by atoms with van der Waals surface area (Å²) in [6.07, 6.45) is 1.55. The van der Waals surface area contributed by atoms with Gasteiger partial charge in [0.05, 0.1) is 19.7 Å². The van der Waals surface area contributed by atoms with Gasteiger partial charge in [-0.3, -0.25) is 14.4 Å². The maximum absolute atomic E-state index is 12.9. The highest BCUT2D eigenvalue weighted by molar-refractivity contribution is 6.03. The lowest BCUT2D eigenvalue weighted by Gasteiger charge is -2.24. The molecule has 0 saturated heterocycles. The van der Waals surface area contributed by atoms with Gasteiger partial charge < -0.3 is 21.1 Å².